The summed E-state index contributed by atoms with van der Waals surface area (Å²) >= 11 is 0. The predicted octanol–water partition coefficient (Wildman–Crippen LogP) is 4.63. The van der Waals surface area contributed by atoms with Crippen molar-refractivity contribution < 1.29 is 23.0 Å². The molecule has 0 saturated carbocycles. The molecule has 5 rings (SSSR count). The van der Waals surface area contributed by atoms with E-state index in [2.05, 4.69) is 10.2 Å². The molecule has 33 heavy (non-hydrogen) atoms. The third-order valence-electron chi connectivity index (χ3n) is 5.96. The highest BCUT2D eigenvalue weighted by molar-refractivity contribution is 5.89. The third-order valence-corrected chi connectivity index (χ3v) is 5.96. The van der Waals surface area contributed by atoms with Crippen molar-refractivity contribution in [2.75, 3.05) is 38.3 Å². The molecule has 2 amide bonds. The van der Waals surface area contributed by atoms with Crippen molar-refractivity contribution in [1.29, 1.82) is 0 Å². The molecule has 8 heteroatoms. The van der Waals surface area contributed by atoms with Gasteiger partial charge in [-0.1, -0.05) is 24.3 Å². The first-order chi connectivity index (χ1) is 16.1. The van der Waals surface area contributed by atoms with E-state index in [0.717, 1.165) is 11.1 Å². The molecule has 1 fully saturated rings. The number of urea groups is 1. The maximum Gasteiger partial charge on any atom is 0.321 e. The second-order valence-electron chi connectivity index (χ2n) is 8.03. The van der Waals surface area contributed by atoms with Crippen molar-refractivity contribution in [3.8, 4) is 11.5 Å². The second kappa shape index (κ2) is 9.07. The van der Waals surface area contributed by atoms with Crippen LogP contribution in [0.15, 0.2) is 66.7 Å². The Morgan fingerprint density at radius 3 is 1.97 bits per heavy atom. The molecule has 0 aliphatic carbocycles. The van der Waals surface area contributed by atoms with Gasteiger partial charge in [-0.2, -0.15) is 0 Å². The lowest BCUT2D eigenvalue weighted by atomic mass is 9.96. The van der Waals surface area contributed by atoms with Gasteiger partial charge >= 0.3 is 6.03 Å². The van der Waals surface area contributed by atoms with E-state index in [0.29, 0.717) is 43.4 Å². The molecule has 1 N–H and O–H groups in total. The van der Waals surface area contributed by atoms with Gasteiger partial charge in [-0.05, 0) is 47.5 Å². The number of ether oxygens (including phenoxy) is 2. The first kappa shape index (κ1) is 21.2. The molecule has 0 radical (unpaired) electrons. The molecule has 1 saturated heterocycles. The molecule has 2 aliphatic heterocycles. The van der Waals surface area contributed by atoms with E-state index in [1.165, 1.54) is 24.3 Å². The average Bonchev–Trinajstić information content (AvgIpc) is 3.30. The standard InChI is InChI=1S/C25H23F2N3O3/c26-19-5-1-17(2-6-19)24(18-3-7-20(27)8-4-18)29-11-13-30(14-12-29)25(31)28-21-9-10-22-23(15-21)33-16-32-22/h1-10,15,24H,11-14,16H2,(H,28,31). The van der Waals surface area contributed by atoms with Gasteiger partial charge in [0.05, 0.1) is 6.04 Å². The van der Waals surface area contributed by atoms with Gasteiger partial charge < -0.3 is 19.7 Å². The molecule has 0 atom stereocenters. The molecule has 0 bridgehead atoms. The number of nitrogens with zero attached hydrogens (tertiary/aromatic N) is 2. The van der Waals surface area contributed by atoms with Crippen LogP contribution in [0.3, 0.4) is 0 Å². The van der Waals surface area contributed by atoms with E-state index in [1.807, 2.05) is 0 Å². The summed E-state index contributed by atoms with van der Waals surface area (Å²) in [4.78, 5) is 16.8. The van der Waals surface area contributed by atoms with Crippen LogP contribution >= 0.6 is 0 Å². The summed E-state index contributed by atoms with van der Waals surface area (Å²) < 4.78 is 37.7. The van der Waals surface area contributed by atoms with Gasteiger partial charge in [-0.15, -0.1) is 0 Å². The number of fused-ring (bicyclic) bond motifs is 1. The topological polar surface area (TPSA) is 54.0 Å². The lowest BCUT2D eigenvalue weighted by Crippen LogP contribution is -2.51. The van der Waals surface area contributed by atoms with Gasteiger partial charge in [0.15, 0.2) is 11.5 Å². The summed E-state index contributed by atoms with van der Waals surface area (Å²) in [6, 6.07) is 17.7. The minimum Gasteiger partial charge on any atom is -0.454 e. The van der Waals surface area contributed by atoms with Crippen molar-refractivity contribution >= 4 is 11.7 Å². The van der Waals surface area contributed by atoms with Gasteiger partial charge in [-0.3, -0.25) is 4.90 Å². The Morgan fingerprint density at radius 1 is 0.788 bits per heavy atom. The lowest BCUT2D eigenvalue weighted by molar-refractivity contribution is 0.126. The van der Waals surface area contributed by atoms with Gasteiger partial charge in [0.1, 0.15) is 11.6 Å². The van der Waals surface area contributed by atoms with Crippen LogP contribution in [0.25, 0.3) is 0 Å². The zero-order chi connectivity index (χ0) is 22.8. The fourth-order valence-corrected chi connectivity index (χ4v) is 4.26. The average molecular weight is 451 g/mol. The van der Waals surface area contributed by atoms with E-state index >= 15 is 0 Å². The van der Waals surface area contributed by atoms with Crippen LogP contribution in [0.1, 0.15) is 17.2 Å². The largest absolute Gasteiger partial charge is 0.454 e. The van der Waals surface area contributed by atoms with Crippen molar-refractivity contribution in [3.05, 3.63) is 89.5 Å². The maximum absolute atomic E-state index is 13.5. The summed E-state index contributed by atoms with van der Waals surface area (Å²) in [5.41, 5.74) is 2.48. The van der Waals surface area contributed by atoms with E-state index in [1.54, 1.807) is 47.4 Å². The van der Waals surface area contributed by atoms with Crippen molar-refractivity contribution in [3.63, 3.8) is 0 Å². The molecular formula is C25H23F2N3O3. The molecular weight excluding hydrogens is 428 g/mol. The monoisotopic (exact) mass is 451 g/mol. The van der Waals surface area contributed by atoms with Crippen LogP contribution in [0.5, 0.6) is 11.5 Å². The highest BCUT2D eigenvalue weighted by Gasteiger charge is 2.28. The zero-order valence-electron chi connectivity index (χ0n) is 17.8. The molecule has 0 aromatic heterocycles. The minimum absolute atomic E-state index is 0.162. The van der Waals surface area contributed by atoms with Crippen molar-refractivity contribution in [2.45, 2.75) is 6.04 Å². The van der Waals surface area contributed by atoms with Crippen LogP contribution in [-0.4, -0.2) is 48.8 Å². The first-order valence-electron chi connectivity index (χ1n) is 10.8. The van der Waals surface area contributed by atoms with Crippen LogP contribution < -0.4 is 14.8 Å². The van der Waals surface area contributed by atoms with E-state index < -0.39 is 0 Å². The molecule has 2 heterocycles. The van der Waals surface area contributed by atoms with E-state index in [4.69, 9.17) is 9.47 Å². The van der Waals surface area contributed by atoms with E-state index in [-0.39, 0.29) is 30.5 Å². The van der Waals surface area contributed by atoms with Crippen LogP contribution in [0.4, 0.5) is 19.3 Å². The third kappa shape index (κ3) is 4.61. The first-order valence-corrected chi connectivity index (χ1v) is 10.8. The normalized spacial score (nSPS) is 15.7. The molecule has 0 unspecified atom stereocenters. The molecule has 6 nitrogen and oxygen atoms in total. The molecule has 2 aliphatic rings. The fourth-order valence-electron chi connectivity index (χ4n) is 4.26. The van der Waals surface area contributed by atoms with Crippen LogP contribution in [-0.2, 0) is 0 Å². The highest BCUT2D eigenvalue weighted by atomic mass is 19.1. The fraction of sp³-hybridized carbons (Fsp3) is 0.240. The van der Waals surface area contributed by atoms with Gasteiger partial charge in [-0.25, -0.2) is 13.6 Å². The summed E-state index contributed by atoms with van der Waals surface area (Å²) in [6.45, 7) is 2.46. The number of hydrogen-bond acceptors (Lipinski definition) is 4. The number of nitrogens with one attached hydrogen (secondary N) is 1. The van der Waals surface area contributed by atoms with Crippen molar-refractivity contribution in [1.82, 2.24) is 9.80 Å². The van der Waals surface area contributed by atoms with Crippen LogP contribution in [0, 0.1) is 11.6 Å². The SMILES string of the molecule is O=C(Nc1ccc2c(c1)OCO2)N1CCN(C(c2ccc(F)cc2)c2ccc(F)cc2)CC1. The Morgan fingerprint density at radius 2 is 1.36 bits per heavy atom. The smallest absolute Gasteiger partial charge is 0.321 e. The van der Waals surface area contributed by atoms with Gasteiger partial charge in [0.2, 0.25) is 6.79 Å². The Hall–Kier alpha value is -3.65. The number of hydrogen-bond donors (Lipinski definition) is 1. The zero-order valence-corrected chi connectivity index (χ0v) is 17.8. The Bertz CT molecular complexity index is 1090. The van der Waals surface area contributed by atoms with E-state index in [9.17, 15) is 13.6 Å². The number of piperazine rings is 1. The van der Waals surface area contributed by atoms with Gasteiger partial charge in [0, 0.05) is 37.9 Å². The van der Waals surface area contributed by atoms with Gasteiger partial charge in [0.25, 0.3) is 0 Å². The number of amides is 2. The lowest BCUT2D eigenvalue weighted by Gasteiger charge is -2.39. The molecule has 0 spiro atoms. The summed E-state index contributed by atoms with van der Waals surface area (Å²) in [5.74, 6) is 0.663. The quantitative estimate of drug-likeness (QED) is 0.628. The molecule has 3 aromatic rings. The Kier molecular flexibility index (Phi) is 5.83. The number of anilines is 1. The Balaban J connectivity index is 1.27. The molecule has 170 valence electrons. The van der Waals surface area contributed by atoms with Crippen LogP contribution in [0.2, 0.25) is 0 Å². The molecule has 3 aromatic carbocycles. The second-order valence-corrected chi connectivity index (χ2v) is 8.03. The highest BCUT2D eigenvalue weighted by Crippen LogP contribution is 2.34. The number of rotatable bonds is 4. The summed E-state index contributed by atoms with van der Waals surface area (Å²) in [6.07, 6.45) is 0. The predicted molar refractivity (Wildman–Crippen MR) is 119 cm³/mol. The number of carbonyl (C=O) groups is 1. The number of carbonyl (C=O) groups excluding carboxylic acids is 1. The summed E-state index contributed by atoms with van der Waals surface area (Å²) in [5, 5.41) is 2.91. The van der Waals surface area contributed by atoms with Crippen molar-refractivity contribution in [2.24, 2.45) is 0 Å². The summed E-state index contributed by atoms with van der Waals surface area (Å²) in [7, 11) is 0. The Labute approximate surface area is 190 Å². The number of halogens is 2. The minimum atomic E-state index is -0.304. The maximum atomic E-state index is 13.5. The number of benzene rings is 3.